The predicted octanol–water partition coefficient (Wildman–Crippen LogP) is 8.01. The van der Waals surface area contributed by atoms with E-state index in [2.05, 4.69) is 10.4 Å². The molecule has 1 aliphatic heterocycles. The average Bonchev–Trinajstić information content (AvgIpc) is 3.30. The van der Waals surface area contributed by atoms with Crippen molar-refractivity contribution in [3.8, 4) is 17.2 Å². The molecule has 10 heteroatoms. The van der Waals surface area contributed by atoms with E-state index in [1.807, 2.05) is 48.5 Å². The molecular weight excluding hydrogens is 567 g/mol. The molecule has 2 heterocycles. The number of methoxy groups -OCH3 is 1. The standard InChI is InChI=1S/C32H27ClF3N3O3/c1-18-28-29(20-11-14-26(27(15-20)41-2)42-17-19-7-4-3-5-8-19)30-23(9-6-10-25(30)40)37-31(28)39(38-18)24-16-21(32(34,35)36)12-13-22(24)33/h3-5,7-8,11-16,29,37H,6,9-10,17H2,1-2H3/t29-/m0/s1. The SMILES string of the molecule is COc1cc([C@@H]2C3=C(CCCC3=O)Nc3c2c(C)nn3-c2cc(C(F)(F)F)ccc2Cl)ccc1OCc1ccccc1. The first-order valence-electron chi connectivity index (χ1n) is 13.5. The number of nitrogens with zero attached hydrogens (tertiary/aromatic N) is 2. The van der Waals surface area contributed by atoms with Crippen molar-refractivity contribution in [2.45, 2.75) is 44.9 Å². The molecule has 1 aliphatic carbocycles. The number of fused-ring (bicyclic) bond motifs is 1. The summed E-state index contributed by atoms with van der Waals surface area (Å²) in [4.78, 5) is 13.4. The van der Waals surface area contributed by atoms with E-state index >= 15 is 0 Å². The first-order chi connectivity index (χ1) is 20.2. The van der Waals surface area contributed by atoms with Gasteiger partial charge in [0.2, 0.25) is 0 Å². The minimum atomic E-state index is -4.55. The molecular formula is C32H27ClF3N3O3. The molecule has 0 saturated carbocycles. The highest BCUT2D eigenvalue weighted by Gasteiger charge is 2.40. The fraction of sp³-hybridized carbons (Fsp3) is 0.250. The first kappa shape index (κ1) is 27.9. The van der Waals surface area contributed by atoms with Crippen LogP contribution < -0.4 is 14.8 Å². The van der Waals surface area contributed by atoms with Crippen molar-refractivity contribution in [3.63, 3.8) is 0 Å². The van der Waals surface area contributed by atoms with Crippen LogP contribution in [0.1, 0.15) is 53.1 Å². The van der Waals surface area contributed by atoms with Gasteiger partial charge in [0.1, 0.15) is 12.4 Å². The van der Waals surface area contributed by atoms with Crippen LogP contribution in [0.5, 0.6) is 11.5 Å². The van der Waals surface area contributed by atoms with Gasteiger partial charge in [0.15, 0.2) is 17.3 Å². The Morgan fingerprint density at radius 1 is 1.05 bits per heavy atom. The Morgan fingerprint density at radius 2 is 1.83 bits per heavy atom. The fourth-order valence-electron chi connectivity index (χ4n) is 5.70. The van der Waals surface area contributed by atoms with Crippen LogP contribution in [0.25, 0.3) is 5.69 Å². The van der Waals surface area contributed by atoms with Crippen LogP contribution in [0.4, 0.5) is 19.0 Å². The third-order valence-electron chi connectivity index (χ3n) is 7.67. The lowest BCUT2D eigenvalue weighted by Gasteiger charge is -2.33. The maximum absolute atomic E-state index is 13.6. The largest absolute Gasteiger partial charge is 0.493 e. The molecule has 42 heavy (non-hydrogen) atoms. The van der Waals surface area contributed by atoms with Gasteiger partial charge in [0.05, 0.1) is 29.1 Å². The highest BCUT2D eigenvalue weighted by molar-refractivity contribution is 6.32. The number of halogens is 4. The number of benzene rings is 3. The van der Waals surface area contributed by atoms with E-state index in [1.165, 1.54) is 10.7 Å². The van der Waals surface area contributed by atoms with Gasteiger partial charge in [-0.1, -0.05) is 48.0 Å². The molecule has 0 bridgehead atoms. The van der Waals surface area contributed by atoms with E-state index in [0.29, 0.717) is 60.0 Å². The summed E-state index contributed by atoms with van der Waals surface area (Å²) in [6.07, 6.45) is -2.86. The van der Waals surface area contributed by atoms with Crippen LogP contribution in [0, 0.1) is 6.92 Å². The summed E-state index contributed by atoms with van der Waals surface area (Å²) in [6.45, 7) is 2.13. The molecule has 1 atom stereocenters. The van der Waals surface area contributed by atoms with Gasteiger partial charge >= 0.3 is 6.18 Å². The second kappa shape index (κ2) is 10.9. The number of ether oxygens (including phenoxy) is 2. The molecule has 0 unspecified atom stereocenters. The number of carbonyl (C=O) groups is 1. The average molecular weight is 594 g/mol. The van der Waals surface area contributed by atoms with Gasteiger partial charge in [0, 0.05) is 29.2 Å². The van der Waals surface area contributed by atoms with Gasteiger partial charge in [-0.2, -0.15) is 18.3 Å². The molecule has 6 rings (SSSR count). The maximum Gasteiger partial charge on any atom is 0.416 e. The normalized spacial score (nSPS) is 16.5. The van der Waals surface area contributed by atoms with Gasteiger partial charge in [0.25, 0.3) is 0 Å². The number of aromatic nitrogens is 2. The molecule has 0 radical (unpaired) electrons. The molecule has 0 saturated heterocycles. The van der Waals surface area contributed by atoms with Crippen molar-refractivity contribution in [1.29, 1.82) is 0 Å². The molecule has 4 aromatic rings. The van der Waals surface area contributed by atoms with Crippen molar-refractivity contribution >= 4 is 23.2 Å². The number of carbonyl (C=O) groups excluding carboxylic acids is 1. The van der Waals surface area contributed by atoms with Gasteiger partial charge in [-0.15, -0.1) is 0 Å². The number of ketones is 1. The van der Waals surface area contributed by atoms with E-state index in [1.54, 1.807) is 14.0 Å². The van der Waals surface area contributed by atoms with Crippen molar-refractivity contribution < 1.29 is 27.4 Å². The fourth-order valence-corrected chi connectivity index (χ4v) is 5.90. The van der Waals surface area contributed by atoms with Crippen molar-refractivity contribution in [3.05, 3.63) is 111 Å². The van der Waals surface area contributed by atoms with E-state index in [0.717, 1.165) is 29.0 Å². The molecule has 0 fully saturated rings. The zero-order valence-corrected chi connectivity index (χ0v) is 23.6. The van der Waals surface area contributed by atoms with Crippen molar-refractivity contribution in [1.82, 2.24) is 9.78 Å². The Hall–Kier alpha value is -4.24. The molecule has 3 aromatic carbocycles. The Morgan fingerprint density at radius 3 is 2.57 bits per heavy atom. The Labute approximate surface area is 245 Å². The summed E-state index contributed by atoms with van der Waals surface area (Å²) in [6, 6.07) is 18.5. The Kier molecular flexibility index (Phi) is 7.22. The lowest BCUT2D eigenvalue weighted by molar-refractivity contribution is -0.137. The lowest BCUT2D eigenvalue weighted by atomic mass is 9.76. The van der Waals surface area contributed by atoms with Crippen LogP contribution in [0.3, 0.4) is 0 Å². The summed E-state index contributed by atoms with van der Waals surface area (Å²) in [5, 5.41) is 8.10. The zero-order valence-electron chi connectivity index (χ0n) is 22.9. The molecule has 2 aliphatic rings. The monoisotopic (exact) mass is 593 g/mol. The van der Waals surface area contributed by atoms with Crippen molar-refractivity contribution in [2.24, 2.45) is 0 Å². The molecule has 1 N–H and O–H groups in total. The zero-order chi connectivity index (χ0) is 29.6. The molecule has 0 spiro atoms. The number of Topliss-reactive ketones (excluding diaryl/α,β-unsaturated/α-hetero) is 1. The smallest absolute Gasteiger partial charge is 0.416 e. The lowest BCUT2D eigenvalue weighted by Crippen LogP contribution is -2.27. The van der Waals surface area contributed by atoms with E-state index in [9.17, 15) is 18.0 Å². The van der Waals surface area contributed by atoms with E-state index in [4.69, 9.17) is 21.1 Å². The van der Waals surface area contributed by atoms with Crippen LogP contribution >= 0.6 is 11.6 Å². The molecule has 0 amide bonds. The summed E-state index contributed by atoms with van der Waals surface area (Å²) >= 11 is 6.42. The Balaban J connectivity index is 1.47. The maximum atomic E-state index is 13.6. The Bertz CT molecular complexity index is 1710. The predicted molar refractivity (Wildman–Crippen MR) is 153 cm³/mol. The number of aryl methyl sites for hydroxylation is 1. The number of hydrogen-bond acceptors (Lipinski definition) is 5. The number of allylic oxidation sites excluding steroid dienone is 2. The van der Waals surface area contributed by atoms with Crippen LogP contribution in [-0.4, -0.2) is 22.7 Å². The van der Waals surface area contributed by atoms with Gasteiger partial charge in [-0.05, 0) is 61.2 Å². The third-order valence-corrected chi connectivity index (χ3v) is 7.99. The van der Waals surface area contributed by atoms with Crippen molar-refractivity contribution in [2.75, 3.05) is 12.4 Å². The minimum Gasteiger partial charge on any atom is -0.493 e. The van der Waals surface area contributed by atoms with Gasteiger partial charge in [-0.25, -0.2) is 4.68 Å². The first-order valence-corrected chi connectivity index (χ1v) is 13.9. The van der Waals surface area contributed by atoms with E-state index in [-0.39, 0.29) is 16.5 Å². The number of alkyl halides is 3. The highest BCUT2D eigenvalue weighted by Crippen LogP contribution is 2.49. The van der Waals surface area contributed by atoms with E-state index < -0.39 is 17.7 Å². The summed E-state index contributed by atoms with van der Waals surface area (Å²) in [5.41, 5.74) is 3.66. The topological polar surface area (TPSA) is 65.4 Å². The quantitative estimate of drug-likeness (QED) is 0.245. The van der Waals surface area contributed by atoms with Gasteiger partial charge < -0.3 is 14.8 Å². The molecule has 1 aromatic heterocycles. The van der Waals surface area contributed by atoms with Crippen LogP contribution in [-0.2, 0) is 17.6 Å². The van der Waals surface area contributed by atoms with Crippen LogP contribution in [0.2, 0.25) is 5.02 Å². The second-order valence-corrected chi connectivity index (χ2v) is 10.7. The summed E-state index contributed by atoms with van der Waals surface area (Å²) < 4.78 is 54.0. The number of anilines is 1. The summed E-state index contributed by atoms with van der Waals surface area (Å²) in [5.74, 6) is 1.04. The number of nitrogens with one attached hydrogen (secondary N) is 1. The second-order valence-electron chi connectivity index (χ2n) is 10.3. The minimum absolute atomic E-state index is 0.0204. The van der Waals surface area contributed by atoms with Crippen LogP contribution in [0.15, 0.2) is 78.0 Å². The van der Waals surface area contributed by atoms with Gasteiger partial charge in [-0.3, -0.25) is 4.79 Å². The summed E-state index contributed by atoms with van der Waals surface area (Å²) in [7, 11) is 1.55. The number of rotatable bonds is 6. The molecule has 216 valence electrons. The third kappa shape index (κ3) is 5.02. The number of hydrogen-bond donors (Lipinski definition) is 1. The highest BCUT2D eigenvalue weighted by atomic mass is 35.5. The molecule has 6 nitrogen and oxygen atoms in total.